The van der Waals surface area contributed by atoms with Gasteiger partial charge in [-0.3, -0.25) is 4.79 Å². The molecule has 28 heavy (non-hydrogen) atoms. The Morgan fingerprint density at radius 2 is 1.93 bits per heavy atom. The highest BCUT2D eigenvalue weighted by atomic mass is 32.2. The molecular weight excluding hydrogens is 379 g/mol. The number of hydrogen-bond donors (Lipinski definition) is 0. The summed E-state index contributed by atoms with van der Waals surface area (Å²) in [5.41, 5.74) is 1.81. The average Bonchev–Trinajstić information content (AvgIpc) is 3.32. The van der Waals surface area contributed by atoms with Crippen LogP contribution in [0.15, 0.2) is 54.7 Å². The molecule has 4 rings (SSSR count). The predicted octanol–water partition coefficient (Wildman–Crippen LogP) is 3.75. The number of nitrogens with zero attached hydrogens (tertiary/aromatic N) is 2. The number of ether oxygens (including phenoxy) is 1. The third kappa shape index (κ3) is 3.38. The molecule has 3 aromatic rings. The number of benzene rings is 2. The molecule has 1 aliphatic rings. The summed E-state index contributed by atoms with van der Waals surface area (Å²) < 4.78 is 21.3. The Hall–Kier alpha value is -2.80. The van der Waals surface area contributed by atoms with Crippen molar-refractivity contribution >= 4 is 34.5 Å². The number of amides is 1. The van der Waals surface area contributed by atoms with Crippen molar-refractivity contribution in [3.05, 3.63) is 71.7 Å². The lowest BCUT2D eigenvalue weighted by molar-refractivity contribution is -0.134. The third-order valence-corrected chi connectivity index (χ3v) is 6.07. The molecule has 1 amide bonds. The van der Waals surface area contributed by atoms with Gasteiger partial charge in [-0.15, -0.1) is 11.8 Å². The van der Waals surface area contributed by atoms with Crippen molar-refractivity contribution in [3.63, 3.8) is 0 Å². The highest BCUT2D eigenvalue weighted by molar-refractivity contribution is 7.99. The Kier molecular flexibility index (Phi) is 5.09. The zero-order valence-electron chi connectivity index (χ0n) is 15.3. The molecule has 2 aromatic carbocycles. The quantitative estimate of drug-likeness (QED) is 0.628. The van der Waals surface area contributed by atoms with E-state index < -0.39 is 11.3 Å². The maximum atomic E-state index is 14.1. The van der Waals surface area contributed by atoms with Gasteiger partial charge < -0.3 is 14.2 Å². The van der Waals surface area contributed by atoms with Gasteiger partial charge in [0.2, 0.25) is 0 Å². The fraction of sp³-hybridized carbons (Fsp3) is 0.238. The fourth-order valence-electron chi connectivity index (χ4n) is 3.45. The lowest BCUT2D eigenvalue weighted by Crippen LogP contribution is -2.34. The summed E-state index contributed by atoms with van der Waals surface area (Å²) in [5.74, 6) is -0.499. The van der Waals surface area contributed by atoms with E-state index >= 15 is 0 Å². The number of thioether (sulfide) groups is 1. The maximum absolute atomic E-state index is 14.1. The Labute approximate surface area is 166 Å². The minimum atomic E-state index is -0.542. The van der Waals surface area contributed by atoms with E-state index in [1.54, 1.807) is 29.3 Å². The largest absolute Gasteiger partial charge is 0.452 e. The number of carbonyl (C=O) groups is 2. The van der Waals surface area contributed by atoms with Crippen molar-refractivity contribution in [1.82, 2.24) is 9.47 Å². The van der Waals surface area contributed by atoms with Gasteiger partial charge in [0.15, 0.2) is 6.61 Å². The molecule has 1 saturated heterocycles. The molecule has 0 radical (unpaired) electrons. The molecule has 0 saturated carbocycles. The molecule has 0 spiro atoms. The van der Waals surface area contributed by atoms with Gasteiger partial charge in [-0.05, 0) is 12.1 Å². The van der Waals surface area contributed by atoms with E-state index in [1.165, 1.54) is 17.8 Å². The molecule has 0 bridgehead atoms. The van der Waals surface area contributed by atoms with Crippen molar-refractivity contribution < 1.29 is 18.7 Å². The van der Waals surface area contributed by atoms with E-state index in [4.69, 9.17) is 4.74 Å². The van der Waals surface area contributed by atoms with E-state index in [2.05, 4.69) is 0 Å². The number of fused-ring (bicyclic) bond motifs is 1. The topological polar surface area (TPSA) is 51.5 Å². The van der Waals surface area contributed by atoms with Gasteiger partial charge in [-0.2, -0.15) is 0 Å². The van der Waals surface area contributed by atoms with Gasteiger partial charge >= 0.3 is 5.97 Å². The average molecular weight is 398 g/mol. The minimum Gasteiger partial charge on any atom is -0.452 e. The maximum Gasteiger partial charge on any atom is 0.340 e. The molecule has 144 valence electrons. The normalized spacial score (nSPS) is 16.5. The Morgan fingerprint density at radius 1 is 1.18 bits per heavy atom. The smallest absolute Gasteiger partial charge is 0.340 e. The second kappa shape index (κ2) is 7.67. The fourth-order valence-corrected chi connectivity index (χ4v) is 4.75. The number of para-hydroxylation sites is 1. The van der Waals surface area contributed by atoms with Gasteiger partial charge in [-0.25, -0.2) is 9.18 Å². The SMILES string of the molecule is Cn1cc(C(=O)OCC(=O)N2CCS[C@H]2c2ccccc2F)c2ccccc21. The van der Waals surface area contributed by atoms with Crippen LogP contribution in [0.5, 0.6) is 0 Å². The van der Waals surface area contributed by atoms with E-state index in [-0.39, 0.29) is 18.3 Å². The third-order valence-electron chi connectivity index (χ3n) is 4.83. The number of rotatable bonds is 4. The van der Waals surface area contributed by atoms with E-state index in [0.717, 1.165) is 10.9 Å². The highest BCUT2D eigenvalue weighted by Gasteiger charge is 2.32. The van der Waals surface area contributed by atoms with Crippen LogP contribution >= 0.6 is 11.8 Å². The molecule has 1 fully saturated rings. The van der Waals surface area contributed by atoms with Crippen molar-refractivity contribution in [2.24, 2.45) is 7.05 Å². The number of esters is 1. The molecule has 1 aromatic heterocycles. The summed E-state index contributed by atoms with van der Waals surface area (Å²) in [5, 5.41) is 0.383. The van der Waals surface area contributed by atoms with Crippen LogP contribution in [0.1, 0.15) is 21.3 Å². The Morgan fingerprint density at radius 3 is 2.75 bits per heavy atom. The van der Waals surface area contributed by atoms with Crippen LogP contribution in [0.4, 0.5) is 4.39 Å². The van der Waals surface area contributed by atoms with E-state index in [1.807, 2.05) is 35.9 Å². The summed E-state index contributed by atoms with van der Waals surface area (Å²) >= 11 is 1.50. The molecule has 0 unspecified atom stereocenters. The predicted molar refractivity (Wildman–Crippen MR) is 107 cm³/mol. The van der Waals surface area contributed by atoms with Gasteiger partial charge in [0, 0.05) is 42.0 Å². The van der Waals surface area contributed by atoms with Crippen molar-refractivity contribution in [2.75, 3.05) is 18.9 Å². The van der Waals surface area contributed by atoms with Crippen LogP contribution in [0, 0.1) is 5.82 Å². The molecule has 1 aliphatic heterocycles. The highest BCUT2D eigenvalue weighted by Crippen LogP contribution is 2.38. The number of hydrogen-bond acceptors (Lipinski definition) is 4. The van der Waals surface area contributed by atoms with Crippen LogP contribution in [-0.4, -0.2) is 40.2 Å². The van der Waals surface area contributed by atoms with Gasteiger partial charge in [0.05, 0.1) is 5.56 Å². The molecule has 0 N–H and O–H groups in total. The molecule has 5 nitrogen and oxygen atoms in total. The summed E-state index contributed by atoms with van der Waals surface area (Å²) in [6.07, 6.45) is 1.70. The lowest BCUT2D eigenvalue weighted by atomic mass is 10.2. The van der Waals surface area contributed by atoms with Gasteiger partial charge in [0.25, 0.3) is 5.91 Å². The Balaban J connectivity index is 1.46. The Bertz CT molecular complexity index is 1050. The number of halogens is 1. The van der Waals surface area contributed by atoms with Gasteiger partial charge in [0.1, 0.15) is 11.2 Å². The summed E-state index contributed by atoms with van der Waals surface area (Å²) in [4.78, 5) is 26.7. The first-order valence-corrected chi connectivity index (χ1v) is 9.98. The van der Waals surface area contributed by atoms with Crippen LogP contribution in [0.2, 0.25) is 0 Å². The van der Waals surface area contributed by atoms with E-state index in [0.29, 0.717) is 23.4 Å². The summed E-state index contributed by atoms with van der Waals surface area (Å²) in [6.45, 7) is 0.127. The zero-order chi connectivity index (χ0) is 19.7. The van der Waals surface area contributed by atoms with Gasteiger partial charge in [-0.1, -0.05) is 36.4 Å². The first-order valence-electron chi connectivity index (χ1n) is 8.93. The first kappa shape index (κ1) is 18.6. The van der Waals surface area contributed by atoms with Crippen molar-refractivity contribution in [2.45, 2.75) is 5.37 Å². The molecule has 1 atom stereocenters. The number of aryl methyl sites for hydroxylation is 1. The molecule has 0 aliphatic carbocycles. The summed E-state index contributed by atoms with van der Waals surface area (Å²) in [6, 6.07) is 13.9. The second-order valence-corrected chi connectivity index (χ2v) is 7.77. The minimum absolute atomic E-state index is 0.327. The molecule has 7 heteroatoms. The van der Waals surface area contributed by atoms with Crippen molar-refractivity contribution in [3.8, 4) is 0 Å². The zero-order valence-corrected chi connectivity index (χ0v) is 16.1. The summed E-state index contributed by atoms with van der Waals surface area (Å²) in [7, 11) is 1.85. The lowest BCUT2D eigenvalue weighted by Gasteiger charge is -2.24. The van der Waals surface area contributed by atoms with Crippen LogP contribution in [0.3, 0.4) is 0 Å². The first-order chi connectivity index (χ1) is 13.6. The standard InChI is InChI=1S/C21H19FN2O3S/c1-23-12-16(14-6-3-5-9-18(14)23)21(26)27-13-19(25)24-10-11-28-20(24)15-7-2-4-8-17(15)22/h2-9,12,20H,10-11,13H2,1H3/t20-/m0/s1. The van der Waals surface area contributed by atoms with Crippen LogP contribution in [-0.2, 0) is 16.6 Å². The molecular formula is C21H19FN2O3S. The monoisotopic (exact) mass is 398 g/mol. The van der Waals surface area contributed by atoms with E-state index in [9.17, 15) is 14.0 Å². The number of carbonyl (C=O) groups excluding carboxylic acids is 2. The van der Waals surface area contributed by atoms with Crippen molar-refractivity contribution in [1.29, 1.82) is 0 Å². The molecule has 2 heterocycles. The van der Waals surface area contributed by atoms with Crippen LogP contribution < -0.4 is 0 Å². The second-order valence-electron chi connectivity index (χ2n) is 6.58. The van der Waals surface area contributed by atoms with Crippen LogP contribution in [0.25, 0.3) is 10.9 Å². The number of aromatic nitrogens is 1.